The van der Waals surface area contributed by atoms with Crippen LogP contribution in [0.4, 0.5) is 0 Å². The van der Waals surface area contributed by atoms with Crippen molar-refractivity contribution in [2.75, 3.05) is 14.2 Å². The van der Waals surface area contributed by atoms with E-state index in [0.717, 1.165) is 10.5 Å². The summed E-state index contributed by atoms with van der Waals surface area (Å²) < 4.78 is 10.7. The van der Waals surface area contributed by atoms with E-state index in [1.165, 1.54) is 0 Å². The summed E-state index contributed by atoms with van der Waals surface area (Å²) in [6.45, 7) is 0. The molecule has 144 valence electrons. The highest BCUT2D eigenvalue weighted by atomic mass is 35.5. The summed E-state index contributed by atoms with van der Waals surface area (Å²) in [4.78, 5) is 13.9. The molecule has 3 rings (SSSR count). The Morgan fingerprint density at radius 3 is 2.25 bits per heavy atom. The number of halogens is 1. The molecule has 0 aliphatic carbocycles. The Bertz CT molecular complexity index is 926. The highest BCUT2D eigenvalue weighted by molar-refractivity contribution is 7.99. The van der Waals surface area contributed by atoms with Crippen molar-refractivity contribution >= 4 is 29.1 Å². The maximum Gasteiger partial charge on any atom is 0.164 e. The predicted octanol–water partition coefficient (Wildman–Crippen LogP) is 6.46. The van der Waals surface area contributed by atoms with Crippen molar-refractivity contribution in [3.8, 4) is 11.5 Å². The molecule has 0 N–H and O–H groups in total. The quantitative estimate of drug-likeness (QED) is 0.314. The van der Waals surface area contributed by atoms with E-state index in [4.69, 9.17) is 21.1 Å². The molecule has 0 heterocycles. The second kappa shape index (κ2) is 9.67. The maximum atomic E-state index is 12.9. The number of Topliss-reactive ketones (excluding diaryl/α,β-unsaturated/α-hetero) is 1. The normalized spacial score (nSPS) is 11.7. The minimum Gasteiger partial charge on any atom is -0.493 e. The van der Waals surface area contributed by atoms with Crippen LogP contribution in [-0.2, 0) is 0 Å². The fourth-order valence-electron chi connectivity index (χ4n) is 2.87. The number of benzene rings is 3. The summed E-state index contributed by atoms with van der Waals surface area (Å²) in [5.41, 5.74) is 1.77. The van der Waals surface area contributed by atoms with Gasteiger partial charge in [-0.25, -0.2) is 0 Å². The molecule has 3 aromatic rings. The number of thioether (sulfide) groups is 1. The topological polar surface area (TPSA) is 35.5 Å². The Morgan fingerprint density at radius 2 is 1.61 bits per heavy atom. The first-order chi connectivity index (χ1) is 13.6. The third-order valence-corrected chi connectivity index (χ3v) is 5.84. The molecule has 0 spiro atoms. The second-order valence-corrected chi connectivity index (χ2v) is 7.88. The highest BCUT2D eigenvalue weighted by Crippen LogP contribution is 2.41. The van der Waals surface area contributed by atoms with Crippen LogP contribution in [-0.4, -0.2) is 20.0 Å². The molecular formula is C23H21ClO3S. The van der Waals surface area contributed by atoms with Gasteiger partial charge in [-0.15, -0.1) is 11.8 Å². The van der Waals surface area contributed by atoms with Gasteiger partial charge in [0.2, 0.25) is 0 Å². The van der Waals surface area contributed by atoms with Crippen molar-refractivity contribution in [2.24, 2.45) is 0 Å². The van der Waals surface area contributed by atoms with Gasteiger partial charge in [-0.05, 0) is 48.0 Å². The lowest BCUT2D eigenvalue weighted by molar-refractivity contribution is 0.0982. The van der Waals surface area contributed by atoms with Crippen LogP contribution in [0.3, 0.4) is 0 Å². The fraction of sp³-hybridized carbons (Fsp3) is 0.174. The molecule has 0 bridgehead atoms. The van der Waals surface area contributed by atoms with E-state index in [1.807, 2.05) is 48.5 Å². The Labute approximate surface area is 174 Å². The summed E-state index contributed by atoms with van der Waals surface area (Å²) >= 11 is 7.58. The van der Waals surface area contributed by atoms with Gasteiger partial charge in [0.15, 0.2) is 17.3 Å². The van der Waals surface area contributed by atoms with Gasteiger partial charge in [0, 0.05) is 27.2 Å². The van der Waals surface area contributed by atoms with Crippen molar-refractivity contribution in [1.82, 2.24) is 0 Å². The number of hydrogen-bond donors (Lipinski definition) is 0. The molecule has 0 aromatic heterocycles. The molecule has 0 unspecified atom stereocenters. The Morgan fingerprint density at radius 1 is 0.929 bits per heavy atom. The molecule has 0 fully saturated rings. The van der Waals surface area contributed by atoms with Gasteiger partial charge in [-0.2, -0.15) is 0 Å². The minimum atomic E-state index is -0.0255. The van der Waals surface area contributed by atoms with Gasteiger partial charge >= 0.3 is 0 Å². The van der Waals surface area contributed by atoms with Crippen LogP contribution >= 0.6 is 23.4 Å². The molecule has 1 atom stereocenters. The lowest BCUT2D eigenvalue weighted by atomic mass is 10.0. The first-order valence-electron chi connectivity index (χ1n) is 8.83. The van der Waals surface area contributed by atoms with Crippen LogP contribution in [0.15, 0.2) is 77.7 Å². The Balaban J connectivity index is 1.85. The van der Waals surface area contributed by atoms with Gasteiger partial charge < -0.3 is 9.47 Å². The summed E-state index contributed by atoms with van der Waals surface area (Å²) in [6.07, 6.45) is 0.380. The van der Waals surface area contributed by atoms with Gasteiger partial charge in [-0.1, -0.05) is 41.9 Å². The zero-order valence-corrected chi connectivity index (χ0v) is 17.3. The zero-order valence-electron chi connectivity index (χ0n) is 15.7. The largest absolute Gasteiger partial charge is 0.493 e. The number of ketones is 1. The van der Waals surface area contributed by atoms with E-state index in [-0.39, 0.29) is 11.0 Å². The molecule has 28 heavy (non-hydrogen) atoms. The first-order valence-corrected chi connectivity index (χ1v) is 10.1. The Kier molecular flexibility index (Phi) is 7.01. The van der Waals surface area contributed by atoms with Crippen molar-refractivity contribution in [3.63, 3.8) is 0 Å². The molecule has 3 aromatic carbocycles. The van der Waals surface area contributed by atoms with E-state index in [1.54, 1.807) is 50.2 Å². The van der Waals surface area contributed by atoms with E-state index < -0.39 is 0 Å². The summed E-state index contributed by atoms with van der Waals surface area (Å²) in [5, 5.41) is 0.596. The molecule has 5 heteroatoms. The van der Waals surface area contributed by atoms with Gasteiger partial charge in [0.1, 0.15) is 0 Å². The summed E-state index contributed by atoms with van der Waals surface area (Å²) in [6, 6.07) is 22.9. The fourth-order valence-corrected chi connectivity index (χ4v) is 4.18. The lowest BCUT2D eigenvalue weighted by Crippen LogP contribution is -2.05. The van der Waals surface area contributed by atoms with Crippen molar-refractivity contribution in [1.29, 1.82) is 0 Å². The van der Waals surface area contributed by atoms with Gasteiger partial charge in [0.25, 0.3) is 0 Å². The van der Waals surface area contributed by atoms with Crippen molar-refractivity contribution in [3.05, 3.63) is 88.9 Å². The van der Waals surface area contributed by atoms with E-state index in [0.29, 0.717) is 28.5 Å². The van der Waals surface area contributed by atoms with Gasteiger partial charge in [0.05, 0.1) is 14.2 Å². The van der Waals surface area contributed by atoms with Crippen LogP contribution in [0.1, 0.15) is 27.6 Å². The lowest BCUT2D eigenvalue weighted by Gasteiger charge is -2.18. The average Bonchev–Trinajstić information content (AvgIpc) is 2.74. The molecule has 0 radical (unpaired) electrons. The van der Waals surface area contributed by atoms with E-state index in [9.17, 15) is 4.79 Å². The highest BCUT2D eigenvalue weighted by Gasteiger charge is 2.19. The second-order valence-electron chi connectivity index (χ2n) is 6.17. The van der Waals surface area contributed by atoms with Crippen LogP contribution in [0.5, 0.6) is 11.5 Å². The molecule has 3 nitrogen and oxygen atoms in total. The monoisotopic (exact) mass is 412 g/mol. The van der Waals surface area contributed by atoms with Crippen molar-refractivity contribution in [2.45, 2.75) is 16.6 Å². The third-order valence-electron chi connectivity index (χ3n) is 4.34. The average molecular weight is 413 g/mol. The van der Waals surface area contributed by atoms with Crippen LogP contribution in [0, 0.1) is 0 Å². The van der Waals surface area contributed by atoms with Crippen LogP contribution < -0.4 is 9.47 Å². The minimum absolute atomic E-state index is 0.0255. The Hall–Kier alpha value is -2.43. The molecule has 0 amide bonds. The van der Waals surface area contributed by atoms with Crippen LogP contribution in [0.2, 0.25) is 5.02 Å². The van der Waals surface area contributed by atoms with E-state index in [2.05, 4.69) is 0 Å². The predicted molar refractivity (Wildman–Crippen MR) is 115 cm³/mol. The number of methoxy groups -OCH3 is 2. The number of rotatable bonds is 8. The smallest absolute Gasteiger partial charge is 0.164 e. The number of hydrogen-bond acceptors (Lipinski definition) is 4. The zero-order chi connectivity index (χ0) is 19.9. The third kappa shape index (κ3) is 5.09. The summed E-state index contributed by atoms with van der Waals surface area (Å²) in [7, 11) is 3.23. The standard InChI is InChI=1S/C23H21ClO3S/c1-26-21-13-12-19(14-22(21)27-2)28-23(17-6-4-3-5-7-17)15-20(25)16-8-10-18(24)11-9-16/h3-14,23H,15H2,1-2H3/t23-/m0/s1. The number of carbonyl (C=O) groups is 1. The van der Waals surface area contributed by atoms with Crippen LogP contribution in [0.25, 0.3) is 0 Å². The number of carbonyl (C=O) groups excluding carboxylic acids is 1. The molecular weight excluding hydrogens is 392 g/mol. The molecule has 0 saturated carbocycles. The summed E-state index contributed by atoms with van der Waals surface area (Å²) in [5.74, 6) is 1.43. The maximum absolute atomic E-state index is 12.9. The molecule has 0 saturated heterocycles. The van der Waals surface area contributed by atoms with E-state index >= 15 is 0 Å². The molecule has 0 aliphatic heterocycles. The van der Waals surface area contributed by atoms with Gasteiger partial charge in [-0.3, -0.25) is 4.79 Å². The number of ether oxygens (including phenoxy) is 2. The SMILES string of the molecule is COc1ccc(S[C@@H](CC(=O)c2ccc(Cl)cc2)c2ccccc2)cc1OC. The molecule has 0 aliphatic rings. The first kappa shape index (κ1) is 20.3. The van der Waals surface area contributed by atoms with Crippen molar-refractivity contribution < 1.29 is 14.3 Å².